The van der Waals surface area contributed by atoms with Gasteiger partial charge < -0.3 is 9.30 Å². The summed E-state index contributed by atoms with van der Waals surface area (Å²) in [6.45, 7) is 2.32. The van der Waals surface area contributed by atoms with Gasteiger partial charge in [0.15, 0.2) is 0 Å². The molecule has 0 spiro atoms. The molecule has 0 atom stereocenters. The van der Waals surface area contributed by atoms with E-state index in [0.717, 1.165) is 18.1 Å². The molecule has 0 unspecified atom stereocenters. The van der Waals surface area contributed by atoms with Crippen molar-refractivity contribution in [3.63, 3.8) is 0 Å². The number of anilines is 1. The summed E-state index contributed by atoms with van der Waals surface area (Å²) < 4.78 is 2.31. The van der Waals surface area contributed by atoms with Crippen molar-refractivity contribution in [3.05, 3.63) is 59.8 Å². The van der Waals surface area contributed by atoms with Crippen molar-refractivity contribution in [3.8, 4) is 11.1 Å². The Hall–Kier alpha value is -1.93. The number of benzene rings is 1. The van der Waals surface area contributed by atoms with Gasteiger partial charge in [-0.1, -0.05) is 29.8 Å². The summed E-state index contributed by atoms with van der Waals surface area (Å²) in [5, 5.41) is 0.779. The lowest BCUT2D eigenvalue weighted by Gasteiger charge is -2.29. The van der Waals surface area contributed by atoms with E-state index in [1.165, 1.54) is 41.7 Å². The first-order valence-corrected chi connectivity index (χ1v) is 8.31. The molecule has 1 saturated heterocycles. The Morgan fingerprint density at radius 2 is 1.59 bits per heavy atom. The van der Waals surface area contributed by atoms with Crippen molar-refractivity contribution in [1.29, 1.82) is 0 Å². The van der Waals surface area contributed by atoms with Crippen LogP contribution in [0.25, 0.3) is 16.6 Å². The van der Waals surface area contributed by atoms with Gasteiger partial charge in [-0.3, -0.25) is 0 Å². The molecule has 22 heavy (non-hydrogen) atoms. The zero-order valence-electron chi connectivity index (χ0n) is 12.5. The zero-order chi connectivity index (χ0) is 14.9. The van der Waals surface area contributed by atoms with E-state index in [1.807, 2.05) is 12.1 Å². The van der Waals surface area contributed by atoms with Gasteiger partial charge in [0.25, 0.3) is 0 Å². The molecule has 0 aliphatic carbocycles. The van der Waals surface area contributed by atoms with Crippen LogP contribution in [0.4, 0.5) is 5.82 Å². The fourth-order valence-corrected chi connectivity index (χ4v) is 3.43. The largest absolute Gasteiger partial charge is 0.358 e. The van der Waals surface area contributed by atoms with Crippen LogP contribution in [-0.4, -0.2) is 17.5 Å². The third kappa shape index (κ3) is 2.48. The van der Waals surface area contributed by atoms with Gasteiger partial charge in [0.2, 0.25) is 0 Å². The Bertz CT molecular complexity index is 783. The summed E-state index contributed by atoms with van der Waals surface area (Å²) in [5.41, 5.74) is 3.69. The van der Waals surface area contributed by atoms with E-state index in [1.54, 1.807) is 0 Å². The average molecular weight is 311 g/mol. The molecule has 0 N–H and O–H groups in total. The Labute approximate surface area is 135 Å². The fraction of sp³-hybridized carbons (Fsp3) is 0.263. The highest BCUT2D eigenvalue weighted by molar-refractivity contribution is 6.30. The molecule has 1 fully saturated rings. The summed E-state index contributed by atoms with van der Waals surface area (Å²) in [7, 11) is 0. The van der Waals surface area contributed by atoms with Gasteiger partial charge in [0.1, 0.15) is 5.82 Å². The normalized spacial score (nSPS) is 15.4. The molecule has 112 valence electrons. The van der Waals surface area contributed by atoms with Gasteiger partial charge >= 0.3 is 0 Å². The number of pyridine rings is 1. The van der Waals surface area contributed by atoms with Gasteiger partial charge in [-0.05, 0) is 55.2 Å². The lowest BCUT2D eigenvalue weighted by atomic mass is 10.1. The van der Waals surface area contributed by atoms with Crippen molar-refractivity contribution in [1.82, 2.24) is 4.40 Å². The Kier molecular flexibility index (Phi) is 3.55. The second-order valence-corrected chi connectivity index (χ2v) is 6.40. The first-order valence-electron chi connectivity index (χ1n) is 7.93. The third-order valence-electron chi connectivity index (χ3n) is 4.47. The van der Waals surface area contributed by atoms with Crippen LogP contribution in [0.3, 0.4) is 0 Å². The van der Waals surface area contributed by atoms with Crippen LogP contribution >= 0.6 is 11.6 Å². The predicted molar refractivity (Wildman–Crippen MR) is 93.9 cm³/mol. The minimum absolute atomic E-state index is 0.779. The van der Waals surface area contributed by atoms with Crippen LogP contribution in [0.15, 0.2) is 54.7 Å². The van der Waals surface area contributed by atoms with Gasteiger partial charge in [-0.2, -0.15) is 0 Å². The monoisotopic (exact) mass is 310 g/mol. The number of nitrogens with zero attached hydrogens (tertiary/aromatic N) is 2. The summed E-state index contributed by atoms with van der Waals surface area (Å²) in [6, 6.07) is 16.9. The van der Waals surface area contributed by atoms with Gasteiger partial charge in [0.05, 0.1) is 0 Å². The van der Waals surface area contributed by atoms with Crippen LogP contribution in [0.5, 0.6) is 0 Å². The molecule has 0 saturated carbocycles. The molecule has 0 radical (unpaired) electrons. The van der Waals surface area contributed by atoms with Gasteiger partial charge in [-0.15, -0.1) is 0 Å². The first kappa shape index (κ1) is 13.7. The summed E-state index contributed by atoms with van der Waals surface area (Å²) >= 11 is 5.99. The van der Waals surface area contributed by atoms with Crippen LogP contribution in [-0.2, 0) is 0 Å². The van der Waals surface area contributed by atoms with Crippen molar-refractivity contribution in [2.45, 2.75) is 19.3 Å². The van der Waals surface area contributed by atoms with E-state index in [0.29, 0.717) is 0 Å². The van der Waals surface area contributed by atoms with Crippen LogP contribution in [0.2, 0.25) is 5.02 Å². The zero-order valence-corrected chi connectivity index (χ0v) is 13.3. The third-order valence-corrected chi connectivity index (χ3v) is 4.72. The lowest BCUT2D eigenvalue weighted by molar-refractivity contribution is 0.572. The highest BCUT2D eigenvalue weighted by Crippen LogP contribution is 2.28. The van der Waals surface area contributed by atoms with Crippen molar-refractivity contribution >= 4 is 22.9 Å². The Morgan fingerprint density at radius 1 is 0.818 bits per heavy atom. The number of aromatic nitrogens is 1. The minimum Gasteiger partial charge on any atom is -0.358 e. The molecule has 4 rings (SSSR count). The predicted octanol–water partition coefficient (Wildman–Crippen LogP) is 5.25. The molecule has 0 amide bonds. The molecule has 2 nitrogen and oxygen atoms in total. The van der Waals surface area contributed by atoms with E-state index in [9.17, 15) is 0 Å². The second kappa shape index (κ2) is 5.69. The molecular weight excluding hydrogens is 292 g/mol. The molecule has 3 heteroatoms. The molecule has 1 aromatic carbocycles. The quantitative estimate of drug-likeness (QED) is 0.627. The molecular formula is C19H19ClN2. The van der Waals surface area contributed by atoms with Gasteiger partial charge in [-0.25, -0.2) is 0 Å². The van der Waals surface area contributed by atoms with Crippen LogP contribution < -0.4 is 4.90 Å². The van der Waals surface area contributed by atoms with Crippen molar-refractivity contribution in [2.75, 3.05) is 18.0 Å². The van der Waals surface area contributed by atoms with E-state index >= 15 is 0 Å². The van der Waals surface area contributed by atoms with Crippen LogP contribution in [0, 0.1) is 0 Å². The van der Waals surface area contributed by atoms with Crippen LogP contribution in [0.1, 0.15) is 19.3 Å². The maximum atomic E-state index is 5.99. The van der Waals surface area contributed by atoms with E-state index in [-0.39, 0.29) is 0 Å². The summed E-state index contributed by atoms with van der Waals surface area (Å²) in [5.74, 6) is 1.30. The number of piperidine rings is 1. The highest BCUT2D eigenvalue weighted by atomic mass is 35.5. The Morgan fingerprint density at radius 3 is 2.36 bits per heavy atom. The summed E-state index contributed by atoms with van der Waals surface area (Å²) in [4.78, 5) is 2.50. The van der Waals surface area contributed by atoms with Crippen molar-refractivity contribution in [2.24, 2.45) is 0 Å². The second-order valence-electron chi connectivity index (χ2n) is 5.96. The standard InChI is InChI=1S/C19H19ClN2/c20-17-9-7-15(8-10-17)16-13-18-5-4-6-19(22(18)14-16)21-11-2-1-3-12-21/h4-10,13-14H,1-3,11-12H2. The van der Waals surface area contributed by atoms with E-state index in [4.69, 9.17) is 11.6 Å². The number of fused-ring (bicyclic) bond motifs is 1. The van der Waals surface area contributed by atoms with Crippen molar-refractivity contribution < 1.29 is 0 Å². The molecule has 1 aliphatic heterocycles. The molecule has 1 aliphatic rings. The topological polar surface area (TPSA) is 7.65 Å². The molecule has 3 heterocycles. The highest BCUT2D eigenvalue weighted by Gasteiger charge is 2.14. The molecule has 0 bridgehead atoms. The number of hydrogen-bond acceptors (Lipinski definition) is 1. The van der Waals surface area contributed by atoms with E-state index < -0.39 is 0 Å². The first-order chi connectivity index (χ1) is 10.8. The lowest BCUT2D eigenvalue weighted by Crippen LogP contribution is -2.30. The maximum absolute atomic E-state index is 5.99. The molecule has 2 aromatic heterocycles. The SMILES string of the molecule is Clc1ccc(-c2cc3cccc(N4CCCCC4)n3c2)cc1. The summed E-state index contributed by atoms with van der Waals surface area (Å²) in [6.07, 6.45) is 6.18. The number of hydrogen-bond donors (Lipinski definition) is 0. The smallest absolute Gasteiger partial charge is 0.113 e. The number of halogens is 1. The number of rotatable bonds is 2. The average Bonchev–Trinajstić information content (AvgIpc) is 3.00. The fourth-order valence-electron chi connectivity index (χ4n) is 3.30. The van der Waals surface area contributed by atoms with E-state index in [2.05, 4.69) is 51.9 Å². The Balaban J connectivity index is 1.78. The van der Waals surface area contributed by atoms with Gasteiger partial charge in [0, 0.05) is 35.4 Å². The maximum Gasteiger partial charge on any atom is 0.113 e. The molecule has 3 aromatic rings. The minimum atomic E-state index is 0.779.